The highest BCUT2D eigenvalue weighted by Crippen LogP contribution is 2.44. The summed E-state index contributed by atoms with van der Waals surface area (Å²) in [5.74, 6) is -0.685. The number of rotatable bonds is 5. The lowest BCUT2D eigenvalue weighted by atomic mass is 10.0. The zero-order chi connectivity index (χ0) is 21.5. The fraction of sp³-hybridized carbons (Fsp3) is 0.304. The fourth-order valence-corrected chi connectivity index (χ4v) is 4.62. The first-order valence-corrected chi connectivity index (χ1v) is 10.4. The van der Waals surface area contributed by atoms with Crippen LogP contribution >= 0.6 is 0 Å². The maximum Gasteiger partial charge on any atom is 0.260 e. The van der Waals surface area contributed by atoms with Crippen LogP contribution in [-0.2, 0) is 9.59 Å². The van der Waals surface area contributed by atoms with E-state index >= 15 is 0 Å². The minimum absolute atomic E-state index is 0.105. The maximum absolute atomic E-state index is 13.3. The molecule has 0 radical (unpaired) electrons. The van der Waals surface area contributed by atoms with Crippen molar-refractivity contribution in [2.24, 2.45) is 0 Å². The van der Waals surface area contributed by atoms with Crippen LogP contribution in [0.2, 0.25) is 0 Å². The van der Waals surface area contributed by atoms with Crippen molar-refractivity contribution in [1.82, 2.24) is 15.1 Å². The largest absolute Gasteiger partial charge is 0.353 e. The Hall–Kier alpha value is -3.68. The molecule has 31 heavy (non-hydrogen) atoms. The quantitative estimate of drug-likeness (QED) is 0.798. The van der Waals surface area contributed by atoms with Gasteiger partial charge < -0.3 is 15.1 Å². The van der Waals surface area contributed by atoms with Crippen LogP contribution < -0.4 is 10.2 Å². The number of nitrogens with zero attached hydrogens (tertiary/aromatic N) is 3. The van der Waals surface area contributed by atoms with Crippen molar-refractivity contribution in [1.29, 1.82) is 0 Å². The van der Waals surface area contributed by atoms with E-state index in [-0.39, 0.29) is 30.2 Å². The van der Waals surface area contributed by atoms with E-state index in [0.717, 1.165) is 6.42 Å². The van der Waals surface area contributed by atoms with Crippen molar-refractivity contribution in [3.8, 4) is 0 Å². The van der Waals surface area contributed by atoms with Crippen molar-refractivity contribution in [2.45, 2.75) is 19.0 Å². The number of carbonyl (C=O) groups is 4. The number of hydrogen-bond acceptors (Lipinski definition) is 4. The van der Waals surface area contributed by atoms with Gasteiger partial charge >= 0.3 is 0 Å². The predicted octanol–water partition coefficient (Wildman–Crippen LogP) is 1.54. The molecule has 0 spiro atoms. The SMILES string of the molecule is O=C(CN1C(=O)c2ccccc2N2C(=O)c3ccccc3[C@H]12)NCCN1CCCC1=O. The van der Waals surface area contributed by atoms with Gasteiger partial charge in [0.05, 0.1) is 11.3 Å². The molecule has 1 N–H and O–H groups in total. The highest BCUT2D eigenvalue weighted by atomic mass is 16.2. The Morgan fingerprint density at radius 1 is 0.968 bits per heavy atom. The number of anilines is 1. The second-order valence-electron chi connectivity index (χ2n) is 7.92. The number of benzene rings is 2. The van der Waals surface area contributed by atoms with E-state index in [4.69, 9.17) is 0 Å². The molecule has 0 aliphatic carbocycles. The third-order valence-corrected chi connectivity index (χ3v) is 6.07. The Kier molecular flexibility index (Phi) is 4.69. The molecule has 0 saturated carbocycles. The normalized spacial score (nSPS) is 19.4. The average molecular weight is 418 g/mol. The molecule has 1 atom stereocenters. The summed E-state index contributed by atoms with van der Waals surface area (Å²) in [7, 11) is 0. The first-order valence-electron chi connectivity index (χ1n) is 10.4. The van der Waals surface area contributed by atoms with Gasteiger partial charge in [-0.05, 0) is 24.6 Å². The van der Waals surface area contributed by atoms with Crippen molar-refractivity contribution in [3.05, 3.63) is 65.2 Å². The molecule has 5 rings (SSSR count). The Morgan fingerprint density at radius 2 is 1.71 bits per heavy atom. The number of amides is 4. The van der Waals surface area contributed by atoms with E-state index in [1.54, 1.807) is 46.2 Å². The third-order valence-electron chi connectivity index (χ3n) is 6.07. The molecule has 1 fully saturated rings. The smallest absolute Gasteiger partial charge is 0.260 e. The Balaban J connectivity index is 1.39. The van der Waals surface area contributed by atoms with Crippen LogP contribution in [-0.4, -0.2) is 59.6 Å². The fourth-order valence-electron chi connectivity index (χ4n) is 4.62. The predicted molar refractivity (Wildman–Crippen MR) is 112 cm³/mol. The molecular weight excluding hydrogens is 396 g/mol. The number of likely N-dealkylation sites (tertiary alicyclic amines) is 1. The third kappa shape index (κ3) is 3.15. The summed E-state index contributed by atoms with van der Waals surface area (Å²) in [4.78, 5) is 55.6. The lowest BCUT2D eigenvalue weighted by molar-refractivity contribution is -0.128. The second-order valence-corrected chi connectivity index (χ2v) is 7.92. The lowest BCUT2D eigenvalue weighted by Gasteiger charge is -2.40. The van der Waals surface area contributed by atoms with Gasteiger partial charge in [-0.1, -0.05) is 30.3 Å². The van der Waals surface area contributed by atoms with E-state index in [1.807, 2.05) is 12.1 Å². The molecular formula is C23H22N4O4. The second kappa shape index (κ2) is 7.54. The van der Waals surface area contributed by atoms with E-state index in [1.165, 1.54) is 4.90 Å². The van der Waals surface area contributed by atoms with Crippen molar-refractivity contribution < 1.29 is 19.2 Å². The highest BCUT2D eigenvalue weighted by Gasteiger charge is 2.48. The van der Waals surface area contributed by atoms with Crippen LogP contribution in [0.25, 0.3) is 0 Å². The van der Waals surface area contributed by atoms with E-state index < -0.39 is 6.17 Å². The first-order chi connectivity index (χ1) is 15.1. The first kappa shape index (κ1) is 19.3. The van der Waals surface area contributed by atoms with Gasteiger partial charge in [0.1, 0.15) is 12.7 Å². The summed E-state index contributed by atoms with van der Waals surface area (Å²) in [5.41, 5.74) is 2.21. The zero-order valence-corrected chi connectivity index (χ0v) is 16.9. The van der Waals surface area contributed by atoms with Crippen LogP contribution in [0.15, 0.2) is 48.5 Å². The van der Waals surface area contributed by atoms with Gasteiger partial charge in [0.25, 0.3) is 11.8 Å². The van der Waals surface area contributed by atoms with Crippen LogP contribution in [0.1, 0.15) is 45.3 Å². The van der Waals surface area contributed by atoms with Gasteiger partial charge in [-0.2, -0.15) is 0 Å². The van der Waals surface area contributed by atoms with Crippen molar-refractivity contribution >= 4 is 29.3 Å². The number of fused-ring (bicyclic) bond motifs is 5. The Morgan fingerprint density at radius 3 is 2.48 bits per heavy atom. The summed E-state index contributed by atoms with van der Waals surface area (Å²) in [6.07, 6.45) is 0.747. The molecule has 2 aromatic rings. The monoisotopic (exact) mass is 418 g/mol. The number of carbonyl (C=O) groups excluding carboxylic acids is 4. The molecule has 158 valence electrons. The number of nitrogens with one attached hydrogen (secondary N) is 1. The van der Waals surface area contributed by atoms with Crippen molar-refractivity contribution in [2.75, 3.05) is 31.1 Å². The zero-order valence-electron chi connectivity index (χ0n) is 16.9. The van der Waals surface area contributed by atoms with Crippen LogP contribution in [0.4, 0.5) is 5.69 Å². The highest BCUT2D eigenvalue weighted by molar-refractivity contribution is 6.17. The number of para-hydroxylation sites is 1. The minimum Gasteiger partial charge on any atom is -0.353 e. The van der Waals surface area contributed by atoms with Crippen LogP contribution in [0.5, 0.6) is 0 Å². The topological polar surface area (TPSA) is 90.0 Å². The van der Waals surface area contributed by atoms with Crippen LogP contribution in [0, 0.1) is 0 Å². The summed E-state index contributed by atoms with van der Waals surface area (Å²) in [6.45, 7) is 1.32. The molecule has 0 unspecified atom stereocenters. The standard InChI is InChI=1S/C23H22N4O4/c28-19(24-11-13-25-12-5-10-20(25)29)14-26-21-15-6-1-2-7-16(15)23(31)27(21)18-9-4-3-8-17(18)22(26)30/h1-4,6-9,21H,5,10-14H2,(H,24,28)/t21-/m1/s1. The molecule has 0 aromatic heterocycles. The lowest BCUT2D eigenvalue weighted by Crippen LogP contribution is -2.51. The average Bonchev–Trinajstić information content (AvgIpc) is 3.32. The van der Waals surface area contributed by atoms with Crippen molar-refractivity contribution in [3.63, 3.8) is 0 Å². The van der Waals surface area contributed by atoms with E-state index in [0.29, 0.717) is 48.4 Å². The van der Waals surface area contributed by atoms with E-state index in [2.05, 4.69) is 5.32 Å². The summed E-state index contributed by atoms with van der Waals surface area (Å²) >= 11 is 0. The molecule has 3 aliphatic heterocycles. The minimum atomic E-state index is -0.656. The van der Waals surface area contributed by atoms with Gasteiger partial charge in [-0.3, -0.25) is 24.1 Å². The summed E-state index contributed by atoms with van der Waals surface area (Å²) < 4.78 is 0. The van der Waals surface area contributed by atoms with Gasteiger partial charge in [-0.25, -0.2) is 0 Å². The maximum atomic E-state index is 13.3. The molecule has 4 amide bonds. The molecule has 1 saturated heterocycles. The Labute approximate surface area is 179 Å². The molecule has 8 nitrogen and oxygen atoms in total. The number of hydrogen-bond donors (Lipinski definition) is 1. The molecule has 0 bridgehead atoms. The Bertz CT molecular complexity index is 1100. The molecule has 2 aromatic carbocycles. The van der Waals surface area contributed by atoms with Gasteiger partial charge in [0.15, 0.2) is 0 Å². The molecule has 8 heteroatoms. The van der Waals surface area contributed by atoms with E-state index in [9.17, 15) is 19.2 Å². The van der Waals surface area contributed by atoms with Gasteiger partial charge in [0, 0.05) is 37.2 Å². The van der Waals surface area contributed by atoms with Gasteiger partial charge in [0.2, 0.25) is 11.8 Å². The molecule has 3 heterocycles. The van der Waals surface area contributed by atoms with Gasteiger partial charge in [-0.15, -0.1) is 0 Å². The van der Waals surface area contributed by atoms with Crippen LogP contribution in [0.3, 0.4) is 0 Å². The summed E-state index contributed by atoms with van der Waals surface area (Å²) in [5, 5.41) is 2.81. The molecule has 3 aliphatic rings. The summed E-state index contributed by atoms with van der Waals surface area (Å²) in [6, 6.07) is 14.2.